The normalized spacial score (nSPS) is 10.3. The van der Waals surface area contributed by atoms with Gasteiger partial charge in [-0.3, -0.25) is 4.98 Å². The number of anilines is 1. The molecule has 0 bridgehead atoms. The van der Waals surface area contributed by atoms with E-state index >= 15 is 0 Å². The maximum absolute atomic E-state index is 4.23. The zero-order valence-corrected chi connectivity index (χ0v) is 10.4. The van der Waals surface area contributed by atoms with Crippen LogP contribution in [0.3, 0.4) is 0 Å². The molecule has 0 saturated carbocycles. The van der Waals surface area contributed by atoms with Gasteiger partial charge in [0.1, 0.15) is 11.5 Å². The number of rotatable bonds is 6. The molecule has 0 aliphatic carbocycles. The van der Waals surface area contributed by atoms with E-state index in [9.17, 15) is 0 Å². The van der Waals surface area contributed by atoms with Gasteiger partial charge in [-0.1, -0.05) is 6.07 Å². The summed E-state index contributed by atoms with van der Waals surface area (Å²) in [5.41, 5.74) is 1.63. The summed E-state index contributed by atoms with van der Waals surface area (Å²) in [5, 5.41) is 14.6. The van der Waals surface area contributed by atoms with E-state index in [4.69, 9.17) is 0 Å². The van der Waals surface area contributed by atoms with Crippen molar-refractivity contribution in [2.75, 3.05) is 25.5 Å². The van der Waals surface area contributed by atoms with E-state index in [1.807, 2.05) is 37.4 Å². The highest BCUT2D eigenvalue weighted by atomic mass is 15.2. The monoisotopic (exact) mass is 243 g/mol. The van der Waals surface area contributed by atoms with Gasteiger partial charge in [0, 0.05) is 12.7 Å². The summed E-state index contributed by atoms with van der Waals surface area (Å²) in [5.74, 6) is 0.797. The lowest BCUT2D eigenvalue weighted by atomic mass is 10.2. The first-order chi connectivity index (χ1) is 8.90. The molecule has 0 atom stereocenters. The second-order valence-electron chi connectivity index (χ2n) is 3.90. The van der Waals surface area contributed by atoms with Crippen LogP contribution >= 0.6 is 0 Å². The minimum absolute atomic E-state index is 0.788. The van der Waals surface area contributed by atoms with Crippen molar-refractivity contribution in [1.29, 1.82) is 0 Å². The topological polar surface area (TPSA) is 62.7 Å². The van der Waals surface area contributed by atoms with Crippen LogP contribution < -0.4 is 10.6 Å². The fraction of sp³-hybridized carbons (Fsp3) is 0.308. The zero-order chi connectivity index (χ0) is 12.6. The summed E-state index contributed by atoms with van der Waals surface area (Å²) in [6, 6.07) is 9.60. The van der Waals surface area contributed by atoms with Crippen LogP contribution in [0.25, 0.3) is 11.4 Å². The molecule has 0 unspecified atom stereocenters. The predicted octanol–water partition coefficient (Wildman–Crippen LogP) is 1.56. The summed E-state index contributed by atoms with van der Waals surface area (Å²) in [6.45, 7) is 1.88. The first-order valence-electron chi connectivity index (χ1n) is 6.04. The average Bonchev–Trinajstić information content (AvgIpc) is 2.45. The van der Waals surface area contributed by atoms with Crippen LogP contribution in [0.2, 0.25) is 0 Å². The highest BCUT2D eigenvalue weighted by Gasteiger charge is 2.00. The largest absolute Gasteiger partial charge is 0.369 e. The lowest BCUT2D eigenvalue weighted by Crippen LogP contribution is -2.13. The summed E-state index contributed by atoms with van der Waals surface area (Å²) in [4.78, 5) is 4.23. The number of hydrogen-bond acceptors (Lipinski definition) is 5. The second kappa shape index (κ2) is 6.66. The second-order valence-corrected chi connectivity index (χ2v) is 3.90. The number of nitrogens with zero attached hydrogens (tertiary/aromatic N) is 3. The van der Waals surface area contributed by atoms with Gasteiger partial charge in [-0.25, -0.2) is 0 Å². The highest BCUT2D eigenvalue weighted by Crippen LogP contribution is 2.13. The number of nitrogens with one attached hydrogen (secondary N) is 2. The van der Waals surface area contributed by atoms with Crippen molar-refractivity contribution in [1.82, 2.24) is 20.5 Å². The number of hydrogen-bond donors (Lipinski definition) is 2. The van der Waals surface area contributed by atoms with E-state index in [0.29, 0.717) is 0 Å². The molecule has 5 heteroatoms. The lowest BCUT2D eigenvalue weighted by Gasteiger charge is -2.05. The van der Waals surface area contributed by atoms with Gasteiger partial charge >= 0.3 is 0 Å². The van der Waals surface area contributed by atoms with E-state index in [2.05, 4.69) is 25.8 Å². The smallest absolute Gasteiger partial charge is 0.148 e. The van der Waals surface area contributed by atoms with Crippen molar-refractivity contribution in [3.8, 4) is 11.4 Å². The van der Waals surface area contributed by atoms with Crippen molar-refractivity contribution in [2.45, 2.75) is 6.42 Å². The molecule has 2 N–H and O–H groups in total. The Hall–Kier alpha value is -2.01. The molecule has 0 aromatic carbocycles. The first-order valence-corrected chi connectivity index (χ1v) is 6.04. The Bertz CT molecular complexity index is 455. The van der Waals surface area contributed by atoms with Crippen molar-refractivity contribution in [2.24, 2.45) is 0 Å². The molecule has 2 aromatic rings. The Labute approximate surface area is 107 Å². The van der Waals surface area contributed by atoms with Crippen molar-refractivity contribution < 1.29 is 0 Å². The maximum atomic E-state index is 4.23. The van der Waals surface area contributed by atoms with Gasteiger partial charge in [0.25, 0.3) is 0 Å². The lowest BCUT2D eigenvalue weighted by molar-refractivity contribution is 0.746. The third kappa shape index (κ3) is 3.49. The van der Waals surface area contributed by atoms with Gasteiger partial charge in [0.15, 0.2) is 0 Å². The molecule has 94 valence electrons. The van der Waals surface area contributed by atoms with Gasteiger partial charge in [-0.2, -0.15) is 0 Å². The molecule has 2 rings (SSSR count). The van der Waals surface area contributed by atoms with Crippen LogP contribution in [0.5, 0.6) is 0 Å². The molecule has 0 radical (unpaired) electrons. The zero-order valence-electron chi connectivity index (χ0n) is 10.4. The van der Waals surface area contributed by atoms with Crippen LogP contribution in [0.15, 0.2) is 36.5 Å². The Morgan fingerprint density at radius 1 is 1.00 bits per heavy atom. The quantitative estimate of drug-likeness (QED) is 0.754. The van der Waals surface area contributed by atoms with E-state index in [1.165, 1.54) is 0 Å². The third-order valence-electron chi connectivity index (χ3n) is 2.50. The van der Waals surface area contributed by atoms with Crippen LogP contribution in [0.4, 0.5) is 5.82 Å². The first kappa shape index (κ1) is 12.4. The molecule has 2 aromatic heterocycles. The molecule has 2 heterocycles. The molecule has 0 aliphatic heterocycles. The van der Waals surface area contributed by atoms with Crippen molar-refractivity contribution in [3.63, 3.8) is 0 Å². The van der Waals surface area contributed by atoms with Crippen molar-refractivity contribution >= 4 is 5.82 Å². The number of aromatic nitrogens is 3. The molecule has 0 saturated heterocycles. The highest BCUT2D eigenvalue weighted by molar-refractivity contribution is 5.54. The maximum Gasteiger partial charge on any atom is 0.148 e. The molecule has 0 aliphatic rings. The van der Waals surface area contributed by atoms with E-state index in [-0.39, 0.29) is 0 Å². The fourth-order valence-corrected chi connectivity index (χ4v) is 1.56. The van der Waals surface area contributed by atoms with Gasteiger partial charge in [-0.15, -0.1) is 10.2 Å². The van der Waals surface area contributed by atoms with Crippen LogP contribution in [-0.2, 0) is 0 Å². The minimum atomic E-state index is 0.788. The SMILES string of the molecule is CNCCCNc1ccc(-c2ccccn2)nn1. The van der Waals surface area contributed by atoms with Gasteiger partial charge in [-0.05, 0) is 44.3 Å². The van der Waals surface area contributed by atoms with Crippen LogP contribution in [-0.4, -0.2) is 35.3 Å². The van der Waals surface area contributed by atoms with E-state index in [0.717, 1.165) is 36.7 Å². The fourth-order valence-electron chi connectivity index (χ4n) is 1.56. The van der Waals surface area contributed by atoms with Gasteiger partial charge in [0.05, 0.1) is 5.69 Å². The Balaban J connectivity index is 1.94. The molecule has 5 nitrogen and oxygen atoms in total. The van der Waals surface area contributed by atoms with Gasteiger partial charge < -0.3 is 10.6 Å². The predicted molar refractivity (Wildman–Crippen MR) is 72.3 cm³/mol. The summed E-state index contributed by atoms with van der Waals surface area (Å²) in [6.07, 6.45) is 2.81. The molecule has 0 spiro atoms. The minimum Gasteiger partial charge on any atom is -0.369 e. The van der Waals surface area contributed by atoms with E-state index < -0.39 is 0 Å². The third-order valence-corrected chi connectivity index (χ3v) is 2.50. The average molecular weight is 243 g/mol. The van der Waals surface area contributed by atoms with Crippen LogP contribution in [0.1, 0.15) is 6.42 Å². The Morgan fingerprint density at radius 3 is 2.61 bits per heavy atom. The molecule has 0 fully saturated rings. The molecular formula is C13H17N5. The summed E-state index contributed by atoms with van der Waals surface area (Å²) in [7, 11) is 1.95. The summed E-state index contributed by atoms with van der Waals surface area (Å²) < 4.78 is 0. The summed E-state index contributed by atoms with van der Waals surface area (Å²) >= 11 is 0. The van der Waals surface area contributed by atoms with Crippen LogP contribution in [0, 0.1) is 0 Å². The van der Waals surface area contributed by atoms with Crippen molar-refractivity contribution in [3.05, 3.63) is 36.5 Å². The Kier molecular flexibility index (Phi) is 4.60. The Morgan fingerprint density at radius 2 is 1.94 bits per heavy atom. The standard InChI is InChI=1S/C13H17N5/c1-14-8-4-10-16-13-7-6-12(17-18-13)11-5-2-3-9-15-11/h2-3,5-7,9,14H,4,8,10H2,1H3,(H,16,18). The van der Waals surface area contributed by atoms with E-state index in [1.54, 1.807) is 6.20 Å². The van der Waals surface area contributed by atoms with Gasteiger partial charge in [0.2, 0.25) is 0 Å². The molecule has 18 heavy (non-hydrogen) atoms. The molecular weight excluding hydrogens is 226 g/mol. The number of pyridine rings is 1. The molecule has 0 amide bonds.